The Balaban J connectivity index is 2.19. The molecule has 2 rings (SSSR count). The maximum atomic E-state index is 13.4. The van der Waals surface area contributed by atoms with Crippen LogP contribution in [0.2, 0.25) is 5.02 Å². The van der Waals surface area contributed by atoms with Gasteiger partial charge in [-0.3, -0.25) is 4.98 Å². The van der Waals surface area contributed by atoms with Crippen molar-refractivity contribution in [3.63, 3.8) is 0 Å². The third-order valence-electron chi connectivity index (χ3n) is 2.58. The summed E-state index contributed by atoms with van der Waals surface area (Å²) >= 11 is 5.58. The van der Waals surface area contributed by atoms with Gasteiger partial charge in [0.15, 0.2) is 0 Å². The summed E-state index contributed by atoms with van der Waals surface area (Å²) in [5, 5.41) is 0.0522. The van der Waals surface area contributed by atoms with E-state index in [1.165, 1.54) is 30.5 Å². The Kier molecular flexibility index (Phi) is 3.89. The summed E-state index contributed by atoms with van der Waals surface area (Å²) in [6.45, 7) is 0. The van der Waals surface area contributed by atoms with Gasteiger partial charge < -0.3 is 5.73 Å². The zero-order chi connectivity index (χ0) is 13.1. The predicted octanol–water partition coefficient (Wildman–Crippen LogP) is 3.26. The normalized spacial score (nSPS) is 12.4. The van der Waals surface area contributed by atoms with E-state index in [1.54, 1.807) is 6.07 Å². The number of hydrogen-bond acceptors (Lipinski definition) is 2. The Morgan fingerprint density at radius 1 is 1.22 bits per heavy atom. The molecule has 2 nitrogen and oxygen atoms in total. The fourth-order valence-electron chi connectivity index (χ4n) is 1.69. The number of nitrogens with zero attached hydrogens (tertiary/aromatic N) is 1. The Hall–Kier alpha value is -1.52. The van der Waals surface area contributed by atoms with Gasteiger partial charge in [-0.1, -0.05) is 17.7 Å². The van der Waals surface area contributed by atoms with Gasteiger partial charge in [0, 0.05) is 6.20 Å². The van der Waals surface area contributed by atoms with Crippen LogP contribution in [0.5, 0.6) is 0 Å². The zero-order valence-electron chi connectivity index (χ0n) is 9.41. The van der Waals surface area contributed by atoms with Crippen LogP contribution in [0.4, 0.5) is 8.78 Å². The summed E-state index contributed by atoms with van der Waals surface area (Å²) in [5.41, 5.74) is 6.68. The van der Waals surface area contributed by atoms with Gasteiger partial charge in [0.1, 0.15) is 11.6 Å². The molecular weight excluding hydrogens is 258 g/mol. The van der Waals surface area contributed by atoms with E-state index in [1.807, 2.05) is 0 Å². The predicted molar refractivity (Wildman–Crippen MR) is 66.2 cm³/mol. The SMILES string of the molecule is NC(Cc1ccc(Cl)c(F)c1)c1ncccc1F. The average molecular weight is 269 g/mol. The van der Waals surface area contributed by atoms with Crippen LogP contribution in [0.25, 0.3) is 0 Å². The molecule has 0 fully saturated rings. The summed E-state index contributed by atoms with van der Waals surface area (Å²) < 4.78 is 26.7. The molecule has 2 N–H and O–H groups in total. The molecule has 0 aliphatic carbocycles. The van der Waals surface area contributed by atoms with Gasteiger partial charge in [-0.25, -0.2) is 8.78 Å². The molecule has 0 bridgehead atoms. The van der Waals surface area contributed by atoms with Gasteiger partial charge >= 0.3 is 0 Å². The quantitative estimate of drug-likeness (QED) is 0.928. The summed E-state index contributed by atoms with van der Waals surface area (Å²) in [4.78, 5) is 3.89. The van der Waals surface area contributed by atoms with Crippen molar-refractivity contribution in [1.82, 2.24) is 4.98 Å². The van der Waals surface area contributed by atoms with E-state index in [2.05, 4.69) is 4.98 Å². The van der Waals surface area contributed by atoms with Crippen LogP contribution in [-0.2, 0) is 6.42 Å². The lowest BCUT2D eigenvalue weighted by atomic mass is 10.0. The molecule has 1 atom stereocenters. The third-order valence-corrected chi connectivity index (χ3v) is 2.88. The lowest BCUT2D eigenvalue weighted by Crippen LogP contribution is -2.16. The van der Waals surface area contributed by atoms with Crippen LogP contribution in [-0.4, -0.2) is 4.98 Å². The number of rotatable bonds is 3. The highest BCUT2D eigenvalue weighted by molar-refractivity contribution is 6.30. The Bertz CT molecular complexity index is 560. The van der Waals surface area contributed by atoms with E-state index in [0.717, 1.165) is 0 Å². The van der Waals surface area contributed by atoms with Crippen molar-refractivity contribution in [2.24, 2.45) is 5.73 Å². The largest absolute Gasteiger partial charge is 0.322 e. The van der Waals surface area contributed by atoms with Gasteiger partial charge in [0.2, 0.25) is 0 Å². The van der Waals surface area contributed by atoms with Crippen molar-refractivity contribution >= 4 is 11.6 Å². The first-order chi connectivity index (χ1) is 8.58. The molecule has 0 aliphatic heterocycles. The highest BCUT2D eigenvalue weighted by Gasteiger charge is 2.13. The molecule has 5 heteroatoms. The lowest BCUT2D eigenvalue weighted by molar-refractivity contribution is 0.562. The van der Waals surface area contributed by atoms with Crippen molar-refractivity contribution in [1.29, 1.82) is 0 Å². The Morgan fingerprint density at radius 2 is 2.00 bits per heavy atom. The van der Waals surface area contributed by atoms with Crippen molar-refractivity contribution in [3.8, 4) is 0 Å². The molecular formula is C13H11ClF2N2. The summed E-state index contributed by atoms with van der Waals surface area (Å²) in [6, 6.07) is 6.58. The van der Waals surface area contributed by atoms with Crippen LogP contribution in [0.3, 0.4) is 0 Å². The molecule has 1 aromatic carbocycles. The van der Waals surface area contributed by atoms with Crippen LogP contribution >= 0.6 is 11.6 Å². The standard InChI is InChI=1S/C13H11ClF2N2/c14-9-4-3-8(6-11(9)16)7-12(17)13-10(15)2-1-5-18-13/h1-6,12H,7,17H2. The Morgan fingerprint density at radius 3 is 2.67 bits per heavy atom. The molecule has 0 spiro atoms. The van der Waals surface area contributed by atoms with E-state index in [-0.39, 0.29) is 10.7 Å². The third kappa shape index (κ3) is 2.83. The molecule has 1 heterocycles. The maximum absolute atomic E-state index is 13.4. The van der Waals surface area contributed by atoms with Crippen LogP contribution in [0, 0.1) is 11.6 Å². The maximum Gasteiger partial charge on any atom is 0.146 e. The second-order valence-corrected chi connectivity index (χ2v) is 4.34. The molecule has 0 aliphatic rings. The Labute approximate surface area is 108 Å². The lowest BCUT2D eigenvalue weighted by Gasteiger charge is -2.12. The number of nitrogens with two attached hydrogens (primary N) is 1. The second-order valence-electron chi connectivity index (χ2n) is 3.93. The minimum atomic E-state index is -0.619. The first kappa shape index (κ1) is 12.9. The number of aromatic nitrogens is 1. The first-order valence-corrected chi connectivity index (χ1v) is 5.75. The average Bonchev–Trinajstić information content (AvgIpc) is 2.34. The number of halogens is 3. The summed E-state index contributed by atoms with van der Waals surface area (Å²) in [5.74, 6) is -0.970. The number of pyridine rings is 1. The molecule has 1 unspecified atom stereocenters. The van der Waals surface area contributed by atoms with E-state index in [9.17, 15) is 8.78 Å². The summed E-state index contributed by atoms with van der Waals surface area (Å²) in [6.07, 6.45) is 1.77. The highest BCUT2D eigenvalue weighted by atomic mass is 35.5. The van der Waals surface area contributed by atoms with E-state index in [0.29, 0.717) is 12.0 Å². The summed E-state index contributed by atoms with van der Waals surface area (Å²) in [7, 11) is 0. The van der Waals surface area contributed by atoms with E-state index in [4.69, 9.17) is 17.3 Å². The second kappa shape index (κ2) is 5.42. The van der Waals surface area contributed by atoms with Crippen molar-refractivity contribution in [2.75, 3.05) is 0 Å². The number of hydrogen-bond donors (Lipinski definition) is 1. The zero-order valence-corrected chi connectivity index (χ0v) is 10.2. The first-order valence-electron chi connectivity index (χ1n) is 5.38. The molecule has 0 saturated carbocycles. The fourth-order valence-corrected chi connectivity index (χ4v) is 1.81. The smallest absolute Gasteiger partial charge is 0.146 e. The van der Waals surface area contributed by atoms with E-state index >= 15 is 0 Å². The van der Waals surface area contributed by atoms with Gasteiger partial charge in [-0.05, 0) is 36.2 Å². The van der Waals surface area contributed by atoms with Crippen LogP contribution < -0.4 is 5.73 Å². The van der Waals surface area contributed by atoms with Gasteiger partial charge in [-0.15, -0.1) is 0 Å². The van der Waals surface area contributed by atoms with Gasteiger partial charge in [0.05, 0.1) is 16.8 Å². The monoisotopic (exact) mass is 268 g/mol. The minimum Gasteiger partial charge on any atom is -0.322 e. The van der Waals surface area contributed by atoms with Crippen LogP contribution in [0.1, 0.15) is 17.3 Å². The topological polar surface area (TPSA) is 38.9 Å². The molecule has 2 aromatic rings. The van der Waals surface area contributed by atoms with Crippen molar-refractivity contribution in [2.45, 2.75) is 12.5 Å². The number of benzene rings is 1. The van der Waals surface area contributed by atoms with Crippen LogP contribution in [0.15, 0.2) is 36.5 Å². The van der Waals surface area contributed by atoms with Gasteiger partial charge in [-0.2, -0.15) is 0 Å². The fraction of sp³-hybridized carbons (Fsp3) is 0.154. The molecule has 1 aromatic heterocycles. The molecule has 94 valence electrons. The molecule has 0 radical (unpaired) electrons. The van der Waals surface area contributed by atoms with Crippen molar-refractivity contribution < 1.29 is 8.78 Å². The highest BCUT2D eigenvalue weighted by Crippen LogP contribution is 2.20. The molecule has 0 saturated heterocycles. The van der Waals surface area contributed by atoms with Crippen molar-refractivity contribution in [3.05, 3.63) is 64.4 Å². The molecule has 0 amide bonds. The van der Waals surface area contributed by atoms with E-state index < -0.39 is 17.7 Å². The van der Waals surface area contributed by atoms with Gasteiger partial charge in [0.25, 0.3) is 0 Å². The molecule has 18 heavy (non-hydrogen) atoms. The minimum absolute atomic E-state index is 0.0522.